The van der Waals surface area contributed by atoms with Crippen LogP contribution in [0, 0.1) is 5.82 Å². The van der Waals surface area contributed by atoms with E-state index in [-0.39, 0.29) is 42.3 Å². The lowest BCUT2D eigenvalue weighted by Gasteiger charge is -2.37. The molecule has 0 bridgehead atoms. The summed E-state index contributed by atoms with van der Waals surface area (Å²) in [6, 6.07) is 2.39. The molecule has 7 nitrogen and oxygen atoms in total. The molecule has 0 unspecified atom stereocenters. The van der Waals surface area contributed by atoms with Gasteiger partial charge in [0.2, 0.25) is 0 Å². The smallest absolute Gasteiger partial charge is 0.280 e. The van der Waals surface area contributed by atoms with E-state index in [1.807, 2.05) is 0 Å². The van der Waals surface area contributed by atoms with Crippen LogP contribution >= 0.6 is 0 Å². The zero-order chi connectivity index (χ0) is 21.8. The van der Waals surface area contributed by atoms with Gasteiger partial charge in [0.25, 0.3) is 18.1 Å². The van der Waals surface area contributed by atoms with Crippen LogP contribution in [0.25, 0.3) is 5.78 Å². The number of aromatic nitrogens is 5. The zero-order valence-electron chi connectivity index (χ0n) is 16.3. The van der Waals surface area contributed by atoms with E-state index in [2.05, 4.69) is 20.1 Å². The van der Waals surface area contributed by atoms with Crippen molar-refractivity contribution >= 4 is 11.7 Å². The van der Waals surface area contributed by atoms with Crippen molar-refractivity contribution < 1.29 is 22.4 Å². The lowest BCUT2D eigenvalue weighted by Crippen LogP contribution is -2.47. The molecule has 1 amide bonds. The van der Waals surface area contributed by atoms with Gasteiger partial charge in [-0.15, -0.1) is 0 Å². The third-order valence-corrected chi connectivity index (χ3v) is 5.79. The van der Waals surface area contributed by atoms with Gasteiger partial charge < -0.3 is 4.90 Å². The first-order valence-electron chi connectivity index (χ1n) is 9.99. The van der Waals surface area contributed by atoms with Gasteiger partial charge in [0, 0.05) is 18.2 Å². The molecule has 1 aliphatic heterocycles. The van der Waals surface area contributed by atoms with Gasteiger partial charge in [-0.05, 0) is 37.8 Å². The molecule has 2 fully saturated rings. The third-order valence-electron chi connectivity index (χ3n) is 5.79. The largest absolute Gasteiger partial charge is 0.335 e. The zero-order valence-corrected chi connectivity index (χ0v) is 16.3. The molecule has 4 heterocycles. The topological polar surface area (TPSA) is 76.3 Å². The highest BCUT2D eigenvalue weighted by Gasteiger charge is 2.42. The molecule has 1 atom stereocenters. The molecule has 0 spiro atoms. The Morgan fingerprint density at radius 3 is 2.77 bits per heavy atom. The van der Waals surface area contributed by atoms with Crippen LogP contribution in [0.5, 0.6) is 0 Å². The Balaban J connectivity index is 1.49. The molecule has 162 valence electrons. The number of alkyl halides is 3. The van der Waals surface area contributed by atoms with E-state index in [0.717, 1.165) is 35.9 Å². The number of likely N-dealkylation sites (tertiary alicyclic amines) is 1. The van der Waals surface area contributed by atoms with Crippen LogP contribution in [0.1, 0.15) is 65.5 Å². The minimum Gasteiger partial charge on any atom is -0.335 e. The molecule has 31 heavy (non-hydrogen) atoms. The summed E-state index contributed by atoms with van der Waals surface area (Å²) in [5, 5.41) is 3.91. The highest BCUT2D eigenvalue weighted by Crippen LogP contribution is 2.40. The number of hydrogen-bond acceptors (Lipinski definition) is 5. The standard InChI is InChI=1S/C20H18F4N6O/c21-13-8-25-14(11-2-3-11)6-12(13)18(31)29-5-1-4-20(24,9-29)16-7-15(17(22)23)28-19-26-10-27-30(16)19/h6-8,10-11,17H,1-5,9H2/t20-/m1/s1. The van der Waals surface area contributed by atoms with E-state index in [9.17, 15) is 18.0 Å². The van der Waals surface area contributed by atoms with Gasteiger partial charge in [-0.1, -0.05) is 0 Å². The number of amides is 1. The number of fused-ring (bicyclic) bond motifs is 1. The minimum absolute atomic E-state index is 0.00934. The van der Waals surface area contributed by atoms with Crippen LogP contribution in [0.3, 0.4) is 0 Å². The van der Waals surface area contributed by atoms with Crippen LogP contribution in [-0.2, 0) is 5.67 Å². The predicted molar refractivity (Wildman–Crippen MR) is 99.8 cm³/mol. The highest BCUT2D eigenvalue weighted by molar-refractivity contribution is 5.94. The van der Waals surface area contributed by atoms with Gasteiger partial charge in [0.15, 0.2) is 11.5 Å². The third kappa shape index (κ3) is 3.51. The fourth-order valence-electron chi connectivity index (χ4n) is 4.05. The normalized spacial score (nSPS) is 21.8. The quantitative estimate of drug-likeness (QED) is 0.587. The Kier molecular flexibility index (Phi) is 4.63. The van der Waals surface area contributed by atoms with E-state index in [4.69, 9.17) is 0 Å². The van der Waals surface area contributed by atoms with Crippen LogP contribution < -0.4 is 0 Å². The molecule has 1 saturated heterocycles. The average molecular weight is 434 g/mol. The van der Waals surface area contributed by atoms with Gasteiger partial charge in [-0.25, -0.2) is 22.5 Å². The average Bonchev–Trinajstić information content (AvgIpc) is 3.49. The van der Waals surface area contributed by atoms with E-state index < -0.39 is 36.1 Å². The maximum atomic E-state index is 16.1. The summed E-state index contributed by atoms with van der Waals surface area (Å²) in [6.45, 7) is -0.202. The molecule has 0 N–H and O–H groups in total. The summed E-state index contributed by atoms with van der Waals surface area (Å²) >= 11 is 0. The summed E-state index contributed by atoms with van der Waals surface area (Å²) in [4.78, 5) is 25.8. The van der Waals surface area contributed by atoms with E-state index in [1.54, 1.807) is 0 Å². The summed E-state index contributed by atoms with van der Waals surface area (Å²) in [6.07, 6.45) is 1.33. The molecule has 3 aromatic rings. The Hall–Kier alpha value is -3.11. The first-order chi connectivity index (χ1) is 14.9. The second kappa shape index (κ2) is 7.24. The minimum atomic E-state index is -2.92. The second-order valence-electron chi connectivity index (χ2n) is 8.00. The van der Waals surface area contributed by atoms with Crippen molar-refractivity contribution in [3.63, 3.8) is 0 Å². The van der Waals surface area contributed by atoms with Crippen LogP contribution in [0.2, 0.25) is 0 Å². The first-order valence-corrected chi connectivity index (χ1v) is 9.99. The fraction of sp³-hybridized carbons (Fsp3) is 0.450. The van der Waals surface area contributed by atoms with Crippen LogP contribution in [0.15, 0.2) is 24.7 Å². The van der Waals surface area contributed by atoms with Crippen molar-refractivity contribution in [3.8, 4) is 0 Å². The van der Waals surface area contributed by atoms with Crippen molar-refractivity contribution in [3.05, 3.63) is 53.1 Å². The molecule has 0 aromatic carbocycles. The molecule has 5 rings (SSSR count). The van der Waals surface area contributed by atoms with Gasteiger partial charge in [-0.2, -0.15) is 14.6 Å². The van der Waals surface area contributed by atoms with Crippen LogP contribution in [-0.4, -0.2) is 48.5 Å². The van der Waals surface area contributed by atoms with E-state index >= 15 is 4.39 Å². The van der Waals surface area contributed by atoms with Crippen molar-refractivity contribution in [1.82, 2.24) is 29.5 Å². The Morgan fingerprint density at radius 2 is 2.03 bits per heavy atom. The number of carbonyl (C=O) groups is 1. The van der Waals surface area contributed by atoms with E-state index in [1.165, 1.54) is 11.0 Å². The van der Waals surface area contributed by atoms with Gasteiger partial charge in [0.05, 0.1) is 24.0 Å². The lowest BCUT2D eigenvalue weighted by molar-refractivity contribution is 0.0287. The number of nitrogens with zero attached hydrogens (tertiary/aromatic N) is 6. The van der Waals surface area contributed by atoms with Crippen molar-refractivity contribution in [2.45, 2.75) is 43.7 Å². The summed E-state index contributed by atoms with van der Waals surface area (Å²) in [5.74, 6) is -1.35. The highest BCUT2D eigenvalue weighted by atomic mass is 19.3. The molecular formula is C20H18F4N6O. The summed E-state index contributed by atoms with van der Waals surface area (Å²) < 4.78 is 58.2. The van der Waals surface area contributed by atoms with E-state index in [0.29, 0.717) is 5.69 Å². The Labute approximate surface area is 174 Å². The van der Waals surface area contributed by atoms with Gasteiger partial charge >= 0.3 is 0 Å². The Bertz CT molecular complexity index is 1160. The van der Waals surface area contributed by atoms with Crippen LogP contribution in [0.4, 0.5) is 17.6 Å². The lowest BCUT2D eigenvalue weighted by atomic mass is 9.90. The van der Waals surface area contributed by atoms with Gasteiger partial charge in [-0.3, -0.25) is 9.78 Å². The molecular weight excluding hydrogens is 416 g/mol. The molecule has 1 aliphatic carbocycles. The Morgan fingerprint density at radius 1 is 1.23 bits per heavy atom. The maximum Gasteiger partial charge on any atom is 0.280 e. The maximum absolute atomic E-state index is 16.1. The predicted octanol–water partition coefficient (Wildman–Crippen LogP) is 3.57. The summed E-state index contributed by atoms with van der Waals surface area (Å²) in [7, 11) is 0. The number of hydrogen-bond donors (Lipinski definition) is 0. The second-order valence-corrected chi connectivity index (χ2v) is 8.00. The fourth-order valence-corrected chi connectivity index (χ4v) is 4.05. The summed E-state index contributed by atoms with van der Waals surface area (Å²) in [5.41, 5.74) is -2.46. The molecule has 11 heteroatoms. The number of pyridine rings is 1. The first kappa shape index (κ1) is 19.8. The number of piperidine rings is 1. The van der Waals surface area contributed by atoms with Crippen molar-refractivity contribution in [2.75, 3.05) is 13.1 Å². The number of carbonyl (C=O) groups excluding carboxylic acids is 1. The SMILES string of the molecule is O=C(c1cc(C2CC2)ncc1F)N1CCC[C@](F)(c2cc(C(F)F)nc3ncnn23)C1. The van der Waals surface area contributed by atoms with Crippen molar-refractivity contribution in [2.24, 2.45) is 0 Å². The van der Waals surface area contributed by atoms with Gasteiger partial charge in [0.1, 0.15) is 12.0 Å². The molecule has 1 saturated carbocycles. The van der Waals surface area contributed by atoms with Crippen molar-refractivity contribution in [1.29, 1.82) is 0 Å². The number of halogens is 4. The monoisotopic (exact) mass is 434 g/mol. The number of rotatable bonds is 4. The molecule has 2 aliphatic rings. The molecule has 3 aromatic heterocycles. The molecule has 0 radical (unpaired) electrons.